The number of carbonyl (C=O) groups is 1. The van der Waals surface area contributed by atoms with Crippen LogP contribution in [-0.4, -0.2) is 36.4 Å². The first kappa shape index (κ1) is 13.9. The topological polar surface area (TPSA) is 69.6 Å². The molecule has 3 N–H and O–H groups in total. The van der Waals surface area contributed by atoms with Crippen LogP contribution in [-0.2, 0) is 0 Å². The van der Waals surface area contributed by atoms with Gasteiger partial charge in [0, 0.05) is 6.54 Å². The molecule has 0 heterocycles. The Labute approximate surface area is 93.5 Å². The van der Waals surface area contributed by atoms with Gasteiger partial charge in [-0.3, -0.25) is 0 Å². The van der Waals surface area contributed by atoms with Crippen LogP contribution >= 0.6 is 11.6 Å². The van der Waals surface area contributed by atoms with Crippen LogP contribution in [0.25, 0.3) is 0 Å². The van der Waals surface area contributed by atoms with Crippen molar-refractivity contribution in [1.29, 1.82) is 0 Å². The molecular weight excluding hydrogens is 218 g/mol. The molecule has 0 saturated carbocycles. The molecule has 0 fully saturated rings. The van der Waals surface area contributed by atoms with Crippen LogP contribution in [0.1, 0.15) is 10.4 Å². The fourth-order valence-electron chi connectivity index (χ4n) is 0.746. The van der Waals surface area contributed by atoms with Gasteiger partial charge in [-0.1, -0.05) is 23.7 Å². The molecule has 0 amide bonds. The maximum absolute atomic E-state index is 10.3. The van der Waals surface area contributed by atoms with Crippen molar-refractivity contribution in [3.8, 4) is 0 Å². The molecule has 0 aliphatic rings. The molecule has 15 heavy (non-hydrogen) atoms. The fourth-order valence-corrected chi connectivity index (χ4v) is 0.963. The molecule has 0 aliphatic carbocycles. The lowest BCUT2D eigenvalue weighted by Crippen LogP contribution is -2.10. The quantitative estimate of drug-likeness (QED) is 0.732. The molecule has 5 heteroatoms. The number of nitrogens with one attached hydrogen (secondary N) is 1. The Morgan fingerprint density at radius 3 is 2.33 bits per heavy atom. The van der Waals surface area contributed by atoms with Gasteiger partial charge < -0.3 is 15.5 Å². The maximum atomic E-state index is 10.3. The van der Waals surface area contributed by atoms with E-state index in [1.165, 1.54) is 6.07 Å². The van der Waals surface area contributed by atoms with Gasteiger partial charge >= 0.3 is 5.97 Å². The average Bonchev–Trinajstić information content (AvgIpc) is 2.20. The Bertz CT molecular complexity index is 302. The van der Waals surface area contributed by atoms with Crippen molar-refractivity contribution in [1.82, 2.24) is 5.32 Å². The van der Waals surface area contributed by atoms with E-state index in [-0.39, 0.29) is 17.2 Å². The third kappa shape index (κ3) is 6.06. The normalized spacial score (nSPS) is 9.00. The van der Waals surface area contributed by atoms with Gasteiger partial charge in [0.25, 0.3) is 0 Å². The third-order valence-electron chi connectivity index (χ3n) is 1.47. The number of carboxylic acid groups (broad SMARTS) is 1. The van der Waals surface area contributed by atoms with E-state index >= 15 is 0 Å². The number of aliphatic hydroxyl groups is 1. The molecule has 0 radical (unpaired) electrons. The Morgan fingerprint density at radius 2 is 2.07 bits per heavy atom. The predicted octanol–water partition coefficient (Wildman–Crippen LogP) is 1.24. The molecule has 84 valence electrons. The van der Waals surface area contributed by atoms with Gasteiger partial charge in [-0.05, 0) is 19.2 Å². The first-order valence-corrected chi connectivity index (χ1v) is 4.74. The average molecular weight is 232 g/mol. The highest BCUT2D eigenvalue weighted by atomic mass is 35.5. The van der Waals surface area contributed by atoms with Crippen LogP contribution in [0.3, 0.4) is 0 Å². The molecule has 1 aromatic carbocycles. The summed E-state index contributed by atoms with van der Waals surface area (Å²) >= 11 is 5.54. The summed E-state index contributed by atoms with van der Waals surface area (Å²) in [6, 6.07) is 6.33. The van der Waals surface area contributed by atoms with E-state index in [1.54, 1.807) is 25.2 Å². The number of hydrogen-bond acceptors (Lipinski definition) is 3. The van der Waals surface area contributed by atoms with E-state index in [0.717, 1.165) is 0 Å². The van der Waals surface area contributed by atoms with E-state index < -0.39 is 5.97 Å². The summed E-state index contributed by atoms with van der Waals surface area (Å²) in [5, 5.41) is 19.5. The number of benzene rings is 1. The van der Waals surface area contributed by atoms with Crippen LogP contribution < -0.4 is 5.32 Å². The molecular formula is C10H14ClNO3. The highest BCUT2D eigenvalue weighted by molar-refractivity contribution is 6.33. The second-order valence-corrected chi connectivity index (χ2v) is 3.02. The number of aliphatic hydroxyl groups excluding tert-OH is 1. The van der Waals surface area contributed by atoms with E-state index in [9.17, 15) is 4.79 Å². The summed E-state index contributed by atoms with van der Waals surface area (Å²) in [5.74, 6) is -0.995. The van der Waals surface area contributed by atoms with E-state index in [2.05, 4.69) is 5.32 Å². The van der Waals surface area contributed by atoms with Crippen molar-refractivity contribution in [2.75, 3.05) is 20.2 Å². The van der Waals surface area contributed by atoms with E-state index in [1.807, 2.05) is 0 Å². The molecule has 0 atom stereocenters. The smallest absolute Gasteiger partial charge is 0.337 e. The minimum atomic E-state index is -0.995. The minimum absolute atomic E-state index is 0.143. The predicted molar refractivity (Wildman–Crippen MR) is 59.4 cm³/mol. The number of rotatable bonds is 3. The largest absolute Gasteiger partial charge is 0.478 e. The molecule has 0 bridgehead atoms. The van der Waals surface area contributed by atoms with Crippen molar-refractivity contribution in [3.63, 3.8) is 0 Å². The van der Waals surface area contributed by atoms with Gasteiger partial charge in [0.1, 0.15) is 0 Å². The lowest BCUT2D eigenvalue weighted by Gasteiger charge is -1.94. The van der Waals surface area contributed by atoms with Crippen molar-refractivity contribution in [2.45, 2.75) is 0 Å². The van der Waals surface area contributed by atoms with Crippen LogP contribution in [0.2, 0.25) is 5.02 Å². The van der Waals surface area contributed by atoms with Crippen LogP contribution in [0.5, 0.6) is 0 Å². The molecule has 0 unspecified atom stereocenters. The monoisotopic (exact) mass is 231 g/mol. The first-order valence-electron chi connectivity index (χ1n) is 4.36. The van der Waals surface area contributed by atoms with Crippen molar-refractivity contribution < 1.29 is 15.0 Å². The maximum Gasteiger partial charge on any atom is 0.337 e. The summed E-state index contributed by atoms with van der Waals surface area (Å²) in [6.45, 7) is 0.927. The summed E-state index contributed by atoms with van der Waals surface area (Å²) in [7, 11) is 1.80. The van der Waals surface area contributed by atoms with Crippen LogP contribution in [0, 0.1) is 0 Å². The lowest BCUT2D eigenvalue weighted by molar-refractivity contribution is 0.0697. The van der Waals surface area contributed by atoms with Gasteiger partial charge in [-0.25, -0.2) is 4.79 Å². The Balaban J connectivity index is 0.000000336. The third-order valence-corrected chi connectivity index (χ3v) is 1.80. The summed E-state index contributed by atoms with van der Waals surface area (Å²) in [6.07, 6.45) is 0. The highest BCUT2D eigenvalue weighted by Crippen LogP contribution is 2.13. The van der Waals surface area contributed by atoms with Gasteiger partial charge in [-0.15, -0.1) is 0 Å². The minimum Gasteiger partial charge on any atom is -0.478 e. The fraction of sp³-hybridized carbons (Fsp3) is 0.300. The summed E-state index contributed by atoms with van der Waals surface area (Å²) in [5.41, 5.74) is 0.143. The van der Waals surface area contributed by atoms with Gasteiger partial charge in [0.05, 0.1) is 17.2 Å². The van der Waals surface area contributed by atoms with E-state index in [4.69, 9.17) is 21.8 Å². The number of hydrogen-bond donors (Lipinski definition) is 3. The Morgan fingerprint density at radius 1 is 1.47 bits per heavy atom. The zero-order chi connectivity index (χ0) is 11.7. The zero-order valence-corrected chi connectivity index (χ0v) is 9.16. The SMILES string of the molecule is CNCCO.O=C(O)c1ccccc1Cl. The first-order chi connectivity index (χ1) is 7.13. The Hall–Kier alpha value is -1.10. The van der Waals surface area contributed by atoms with Crippen LogP contribution in [0.15, 0.2) is 24.3 Å². The van der Waals surface area contributed by atoms with Gasteiger partial charge in [0.15, 0.2) is 0 Å². The standard InChI is InChI=1S/C7H5ClO2.C3H9NO/c8-6-4-2-1-3-5(6)7(9)10;1-4-2-3-5/h1-4H,(H,9,10);4-5H,2-3H2,1H3. The number of carboxylic acids is 1. The molecule has 0 spiro atoms. The second kappa shape index (κ2) is 8.23. The molecule has 1 rings (SSSR count). The van der Waals surface area contributed by atoms with Gasteiger partial charge in [0.2, 0.25) is 0 Å². The van der Waals surface area contributed by atoms with Crippen LogP contribution in [0.4, 0.5) is 0 Å². The molecule has 0 aliphatic heterocycles. The van der Waals surface area contributed by atoms with E-state index in [0.29, 0.717) is 6.54 Å². The second-order valence-electron chi connectivity index (χ2n) is 2.61. The lowest BCUT2D eigenvalue weighted by atomic mass is 10.2. The van der Waals surface area contributed by atoms with Crippen molar-refractivity contribution >= 4 is 17.6 Å². The molecule has 1 aromatic rings. The summed E-state index contributed by atoms with van der Waals surface area (Å²) < 4.78 is 0. The zero-order valence-electron chi connectivity index (χ0n) is 8.40. The number of halogens is 1. The van der Waals surface area contributed by atoms with Crippen molar-refractivity contribution in [3.05, 3.63) is 34.9 Å². The molecule has 0 saturated heterocycles. The molecule has 0 aromatic heterocycles. The summed E-state index contributed by atoms with van der Waals surface area (Å²) in [4.78, 5) is 10.3. The number of aromatic carboxylic acids is 1. The Kier molecular flexibility index (Phi) is 7.62. The van der Waals surface area contributed by atoms with Crippen molar-refractivity contribution in [2.24, 2.45) is 0 Å². The van der Waals surface area contributed by atoms with Gasteiger partial charge in [-0.2, -0.15) is 0 Å². The molecule has 4 nitrogen and oxygen atoms in total. The highest BCUT2D eigenvalue weighted by Gasteiger charge is 2.04. The number of likely N-dealkylation sites (N-methyl/N-ethyl adjacent to an activating group) is 1.